The number of rotatable bonds is 6. The number of anilines is 1. The van der Waals surface area contributed by atoms with Crippen LogP contribution in [0.5, 0.6) is 5.75 Å². The minimum absolute atomic E-state index is 0.166. The van der Waals surface area contributed by atoms with Crippen LogP contribution in [0.1, 0.15) is 23.7 Å². The summed E-state index contributed by atoms with van der Waals surface area (Å²) in [4.78, 5) is 38.1. The fourth-order valence-electron chi connectivity index (χ4n) is 2.11. The predicted octanol–water partition coefficient (Wildman–Crippen LogP) is 2.21. The van der Waals surface area contributed by atoms with Gasteiger partial charge in [-0.3, -0.25) is 19.1 Å². The normalized spacial score (nSPS) is 10.6. The van der Waals surface area contributed by atoms with Crippen molar-refractivity contribution in [2.24, 2.45) is 0 Å². The van der Waals surface area contributed by atoms with Gasteiger partial charge in [-0.1, -0.05) is 34.5 Å². The molecule has 3 N–H and O–H groups in total. The number of nitrogens with two attached hydrogens (primary N) is 1. The smallest absolute Gasteiger partial charge is 0.329 e. The van der Waals surface area contributed by atoms with E-state index >= 15 is 0 Å². The molecule has 0 spiro atoms. The van der Waals surface area contributed by atoms with Gasteiger partial charge in [0.1, 0.15) is 17.1 Å². The first-order valence-corrected chi connectivity index (χ1v) is 8.25. The number of hydrogen-bond donors (Lipinski definition) is 2. The van der Waals surface area contributed by atoms with E-state index in [4.69, 9.17) is 22.1 Å². The summed E-state index contributed by atoms with van der Waals surface area (Å²) in [6.45, 7) is 1.71. The summed E-state index contributed by atoms with van der Waals surface area (Å²) in [5.41, 5.74) is 4.05. The van der Waals surface area contributed by atoms with Crippen molar-refractivity contribution in [1.82, 2.24) is 9.55 Å². The van der Waals surface area contributed by atoms with E-state index in [1.165, 1.54) is 0 Å². The fourth-order valence-corrected chi connectivity index (χ4v) is 2.84. The summed E-state index contributed by atoms with van der Waals surface area (Å²) in [5.74, 6) is -0.510. The molecule has 7 nitrogen and oxygen atoms in total. The zero-order chi connectivity index (χ0) is 17.9. The van der Waals surface area contributed by atoms with Gasteiger partial charge in [0.2, 0.25) is 5.78 Å². The van der Waals surface area contributed by atoms with E-state index in [0.29, 0.717) is 23.7 Å². The van der Waals surface area contributed by atoms with E-state index in [2.05, 4.69) is 20.9 Å². The lowest BCUT2D eigenvalue weighted by atomic mass is 10.2. The second-order valence-electron chi connectivity index (χ2n) is 4.96. The number of aromatic amines is 1. The predicted molar refractivity (Wildman–Crippen MR) is 95.0 cm³/mol. The molecular formula is C15H15BrClN3O4. The first-order valence-electron chi connectivity index (χ1n) is 7.08. The zero-order valence-electron chi connectivity index (χ0n) is 12.8. The van der Waals surface area contributed by atoms with Gasteiger partial charge in [0.05, 0.1) is 5.02 Å². The third-order valence-corrected chi connectivity index (χ3v) is 4.01. The van der Waals surface area contributed by atoms with E-state index < -0.39 is 23.6 Å². The van der Waals surface area contributed by atoms with Gasteiger partial charge in [-0.2, -0.15) is 0 Å². The lowest BCUT2D eigenvalue weighted by Gasteiger charge is -2.12. The van der Waals surface area contributed by atoms with Gasteiger partial charge in [-0.25, -0.2) is 4.79 Å². The average molecular weight is 417 g/mol. The topological polar surface area (TPSA) is 107 Å². The molecule has 0 radical (unpaired) electrons. The highest BCUT2D eigenvalue weighted by Gasteiger charge is 2.20. The van der Waals surface area contributed by atoms with Gasteiger partial charge in [0, 0.05) is 11.0 Å². The van der Waals surface area contributed by atoms with Crippen molar-refractivity contribution in [3.63, 3.8) is 0 Å². The Morgan fingerprint density at radius 2 is 2.12 bits per heavy atom. The largest absolute Gasteiger partial charge is 0.484 e. The minimum Gasteiger partial charge on any atom is -0.484 e. The molecule has 0 aliphatic heterocycles. The van der Waals surface area contributed by atoms with Crippen LogP contribution in [-0.2, 0) is 6.54 Å². The molecule has 2 aromatic rings. The molecular weight excluding hydrogens is 402 g/mol. The SMILES string of the molecule is CCCn1c(N)c(C(=O)COc2ccc(Br)cc2Cl)c(=O)[nH]c1=O. The Bertz CT molecular complexity index is 891. The quantitative estimate of drug-likeness (QED) is 0.702. The molecule has 9 heteroatoms. The van der Waals surface area contributed by atoms with Crippen molar-refractivity contribution < 1.29 is 9.53 Å². The highest BCUT2D eigenvalue weighted by atomic mass is 79.9. The molecule has 24 heavy (non-hydrogen) atoms. The van der Waals surface area contributed by atoms with Crippen LogP contribution in [0.3, 0.4) is 0 Å². The van der Waals surface area contributed by atoms with Crippen LogP contribution >= 0.6 is 27.5 Å². The number of benzene rings is 1. The summed E-state index contributed by atoms with van der Waals surface area (Å²) in [5, 5.41) is 0.315. The summed E-state index contributed by atoms with van der Waals surface area (Å²) in [6.07, 6.45) is 0.620. The lowest BCUT2D eigenvalue weighted by molar-refractivity contribution is 0.0920. The van der Waals surface area contributed by atoms with Gasteiger partial charge < -0.3 is 10.5 Å². The number of H-pyrrole nitrogens is 1. The Labute approximate surface area is 150 Å². The Balaban J connectivity index is 2.28. The second-order valence-corrected chi connectivity index (χ2v) is 6.28. The van der Waals surface area contributed by atoms with E-state index in [1.54, 1.807) is 18.2 Å². The number of nitrogens with one attached hydrogen (secondary N) is 1. The van der Waals surface area contributed by atoms with E-state index in [0.717, 1.165) is 9.04 Å². The number of Topliss-reactive ketones (excluding diaryl/α,β-unsaturated/α-hetero) is 1. The van der Waals surface area contributed by atoms with Gasteiger partial charge in [-0.15, -0.1) is 0 Å². The van der Waals surface area contributed by atoms with Crippen LogP contribution in [0.15, 0.2) is 32.3 Å². The summed E-state index contributed by atoms with van der Waals surface area (Å²) in [6, 6.07) is 4.91. The molecule has 0 saturated carbocycles. The maximum atomic E-state index is 12.3. The van der Waals surface area contributed by atoms with Crippen molar-refractivity contribution in [2.45, 2.75) is 19.9 Å². The first-order chi connectivity index (χ1) is 11.3. The number of carbonyl (C=O) groups is 1. The number of ketones is 1. The molecule has 0 fully saturated rings. The first kappa shape index (κ1) is 18.3. The van der Waals surface area contributed by atoms with Crippen LogP contribution in [-0.4, -0.2) is 21.9 Å². The van der Waals surface area contributed by atoms with Crippen molar-refractivity contribution >= 4 is 39.1 Å². The molecule has 0 saturated heterocycles. The molecule has 1 aromatic carbocycles. The van der Waals surface area contributed by atoms with Crippen LogP contribution < -0.4 is 21.7 Å². The molecule has 0 unspecified atom stereocenters. The third kappa shape index (κ3) is 3.88. The maximum absolute atomic E-state index is 12.3. The number of nitrogen functional groups attached to an aromatic ring is 1. The molecule has 0 bridgehead atoms. The van der Waals surface area contributed by atoms with Gasteiger partial charge in [0.15, 0.2) is 6.61 Å². The molecule has 1 heterocycles. The Kier molecular flexibility index (Phi) is 5.84. The van der Waals surface area contributed by atoms with Crippen LogP contribution in [0.4, 0.5) is 5.82 Å². The standard InChI is InChI=1S/C15H15BrClN3O4/c1-2-5-20-13(18)12(14(22)19-15(20)23)10(21)7-24-11-4-3-8(16)6-9(11)17/h3-4,6H,2,5,7,18H2,1H3,(H,19,22,23). The maximum Gasteiger partial charge on any atom is 0.329 e. The van der Waals surface area contributed by atoms with Crippen LogP contribution in [0, 0.1) is 0 Å². The van der Waals surface area contributed by atoms with Gasteiger partial charge in [0.25, 0.3) is 5.56 Å². The Morgan fingerprint density at radius 1 is 1.42 bits per heavy atom. The molecule has 0 atom stereocenters. The fraction of sp³-hybridized carbons (Fsp3) is 0.267. The van der Waals surface area contributed by atoms with E-state index in [9.17, 15) is 14.4 Å². The number of aromatic nitrogens is 2. The van der Waals surface area contributed by atoms with Crippen LogP contribution in [0.25, 0.3) is 0 Å². The van der Waals surface area contributed by atoms with E-state index in [1.807, 2.05) is 6.92 Å². The summed E-state index contributed by atoms with van der Waals surface area (Å²) in [7, 11) is 0. The number of hydrogen-bond acceptors (Lipinski definition) is 5. The van der Waals surface area contributed by atoms with Crippen molar-refractivity contribution in [1.29, 1.82) is 0 Å². The monoisotopic (exact) mass is 415 g/mol. The Hall–Kier alpha value is -2.06. The summed E-state index contributed by atoms with van der Waals surface area (Å²) >= 11 is 9.26. The molecule has 128 valence electrons. The third-order valence-electron chi connectivity index (χ3n) is 3.22. The van der Waals surface area contributed by atoms with E-state index in [-0.39, 0.29) is 11.4 Å². The summed E-state index contributed by atoms with van der Waals surface area (Å²) < 4.78 is 7.27. The molecule has 2 rings (SSSR count). The number of nitrogens with zero attached hydrogens (tertiary/aromatic N) is 1. The lowest BCUT2D eigenvalue weighted by Crippen LogP contribution is -2.37. The number of carbonyl (C=O) groups excluding carboxylic acids is 1. The second kappa shape index (κ2) is 7.67. The number of ether oxygens (including phenoxy) is 1. The minimum atomic E-state index is -0.833. The molecule has 0 amide bonds. The average Bonchev–Trinajstić information content (AvgIpc) is 2.50. The van der Waals surface area contributed by atoms with Gasteiger partial charge in [-0.05, 0) is 24.6 Å². The number of halogens is 2. The van der Waals surface area contributed by atoms with Crippen LogP contribution in [0.2, 0.25) is 5.02 Å². The highest BCUT2D eigenvalue weighted by Crippen LogP contribution is 2.27. The highest BCUT2D eigenvalue weighted by molar-refractivity contribution is 9.10. The van der Waals surface area contributed by atoms with Crippen molar-refractivity contribution in [3.8, 4) is 5.75 Å². The van der Waals surface area contributed by atoms with Crippen molar-refractivity contribution in [3.05, 3.63) is 54.1 Å². The molecule has 0 aliphatic carbocycles. The van der Waals surface area contributed by atoms with Crippen molar-refractivity contribution in [2.75, 3.05) is 12.3 Å². The van der Waals surface area contributed by atoms with Gasteiger partial charge >= 0.3 is 5.69 Å². The zero-order valence-corrected chi connectivity index (χ0v) is 15.1. The molecule has 0 aliphatic rings. The Morgan fingerprint density at radius 3 is 2.75 bits per heavy atom. The molecule has 1 aromatic heterocycles.